The van der Waals surface area contributed by atoms with Crippen molar-refractivity contribution >= 4 is 5.96 Å². The predicted molar refractivity (Wildman–Crippen MR) is 65.5 cm³/mol. The van der Waals surface area contributed by atoms with E-state index >= 15 is 0 Å². The van der Waals surface area contributed by atoms with E-state index < -0.39 is 0 Å². The Morgan fingerprint density at radius 2 is 2.19 bits per heavy atom. The lowest BCUT2D eigenvalue weighted by atomic mass is 10.2. The summed E-state index contributed by atoms with van der Waals surface area (Å²) in [6, 6.07) is 0.475. The van der Waals surface area contributed by atoms with Crippen LogP contribution in [0.15, 0.2) is 4.99 Å². The van der Waals surface area contributed by atoms with Crippen molar-refractivity contribution in [1.29, 1.82) is 0 Å². The topological polar surface area (TPSA) is 50.8 Å². The number of ether oxygens (including phenoxy) is 1. The van der Waals surface area contributed by atoms with Crippen molar-refractivity contribution in [3.05, 3.63) is 0 Å². The molecular weight excluding hydrogens is 202 g/mol. The molecule has 2 rings (SSSR count). The second-order valence-electron chi connectivity index (χ2n) is 4.77. The Bertz CT molecular complexity index is 249. The maximum absolute atomic E-state index is 6.07. The van der Waals surface area contributed by atoms with Gasteiger partial charge in [-0.2, -0.15) is 0 Å². The molecule has 0 spiro atoms. The quantitative estimate of drug-likeness (QED) is 0.570. The van der Waals surface area contributed by atoms with Crippen molar-refractivity contribution in [3.63, 3.8) is 0 Å². The zero-order chi connectivity index (χ0) is 11.4. The van der Waals surface area contributed by atoms with Crippen LogP contribution in [0.25, 0.3) is 0 Å². The van der Waals surface area contributed by atoms with Crippen LogP contribution in [0.3, 0.4) is 0 Å². The first-order valence-electron chi connectivity index (χ1n) is 6.49. The lowest BCUT2D eigenvalue weighted by molar-refractivity contribution is -0.00751. The monoisotopic (exact) mass is 225 g/mol. The standard InChI is InChI=1S/C12H23N3O/c1-2-11-9-15(7-8-16-11)12(13)14-10-5-3-4-6-10/h10-11H,2-9H2,1H3,(H2,13,14). The van der Waals surface area contributed by atoms with Crippen LogP contribution in [0.4, 0.5) is 0 Å². The molecule has 2 fully saturated rings. The number of morpholine rings is 1. The minimum absolute atomic E-state index is 0.325. The number of hydrogen-bond donors (Lipinski definition) is 1. The van der Waals surface area contributed by atoms with Crippen LogP contribution in [0.5, 0.6) is 0 Å². The molecule has 16 heavy (non-hydrogen) atoms. The van der Waals surface area contributed by atoms with Crippen molar-refractivity contribution in [2.75, 3.05) is 19.7 Å². The number of nitrogens with two attached hydrogens (primary N) is 1. The Balaban J connectivity index is 1.89. The highest BCUT2D eigenvalue weighted by atomic mass is 16.5. The third-order valence-electron chi connectivity index (χ3n) is 3.56. The Hall–Kier alpha value is -0.770. The van der Waals surface area contributed by atoms with Gasteiger partial charge in [-0.1, -0.05) is 19.8 Å². The predicted octanol–water partition coefficient (Wildman–Crippen LogP) is 1.35. The van der Waals surface area contributed by atoms with E-state index in [0.29, 0.717) is 12.1 Å². The van der Waals surface area contributed by atoms with E-state index in [0.717, 1.165) is 32.1 Å². The first kappa shape index (κ1) is 11.7. The molecule has 1 saturated heterocycles. The second-order valence-corrected chi connectivity index (χ2v) is 4.77. The van der Waals surface area contributed by atoms with E-state index in [4.69, 9.17) is 10.5 Å². The van der Waals surface area contributed by atoms with Crippen LogP contribution in [0, 0.1) is 0 Å². The van der Waals surface area contributed by atoms with E-state index in [1.54, 1.807) is 0 Å². The summed E-state index contributed by atoms with van der Waals surface area (Å²) in [5, 5.41) is 0. The van der Waals surface area contributed by atoms with Crippen LogP contribution in [0.1, 0.15) is 39.0 Å². The van der Waals surface area contributed by atoms with Gasteiger partial charge in [0.15, 0.2) is 5.96 Å². The normalized spacial score (nSPS) is 28.7. The van der Waals surface area contributed by atoms with Crippen molar-refractivity contribution < 1.29 is 4.74 Å². The number of hydrogen-bond acceptors (Lipinski definition) is 2. The average molecular weight is 225 g/mol. The zero-order valence-electron chi connectivity index (χ0n) is 10.2. The lowest BCUT2D eigenvalue weighted by Gasteiger charge is -2.33. The molecule has 1 heterocycles. The third kappa shape index (κ3) is 2.88. The summed E-state index contributed by atoms with van der Waals surface area (Å²) in [7, 11) is 0. The number of guanidine groups is 1. The Morgan fingerprint density at radius 1 is 1.44 bits per heavy atom. The fourth-order valence-corrected chi connectivity index (χ4v) is 2.48. The molecule has 0 radical (unpaired) electrons. The minimum atomic E-state index is 0.325. The van der Waals surface area contributed by atoms with Crippen LogP contribution >= 0.6 is 0 Å². The first-order chi connectivity index (χ1) is 7.79. The second kappa shape index (κ2) is 5.53. The fourth-order valence-electron chi connectivity index (χ4n) is 2.48. The molecule has 2 aliphatic rings. The van der Waals surface area contributed by atoms with Crippen LogP contribution in [-0.4, -0.2) is 42.7 Å². The summed E-state index contributed by atoms with van der Waals surface area (Å²) in [6.07, 6.45) is 6.41. The van der Waals surface area contributed by atoms with Crippen molar-refractivity contribution in [3.8, 4) is 0 Å². The largest absolute Gasteiger partial charge is 0.375 e. The zero-order valence-corrected chi connectivity index (χ0v) is 10.2. The fraction of sp³-hybridized carbons (Fsp3) is 0.917. The van der Waals surface area contributed by atoms with Gasteiger partial charge in [0.25, 0.3) is 0 Å². The molecule has 0 bridgehead atoms. The maximum atomic E-state index is 6.07. The third-order valence-corrected chi connectivity index (χ3v) is 3.56. The number of rotatable bonds is 2. The summed E-state index contributed by atoms with van der Waals surface area (Å²) in [5.41, 5.74) is 6.07. The molecule has 1 atom stereocenters. The van der Waals surface area contributed by atoms with Gasteiger partial charge < -0.3 is 15.4 Å². The van der Waals surface area contributed by atoms with Gasteiger partial charge in [0.2, 0.25) is 0 Å². The molecule has 0 aromatic heterocycles. The molecular formula is C12H23N3O. The number of aliphatic imine (C=N–C) groups is 1. The Kier molecular flexibility index (Phi) is 4.04. The summed E-state index contributed by atoms with van der Waals surface area (Å²) < 4.78 is 5.63. The van der Waals surface area contributed by atoms with E-state index in [2.05, 4.69) is 16.8 Å². The molecule has 1 aliphatic carbocycles. The van der Waals surface area contributed by atoms with Crippen molar-refractivity contribution in [1.82, 2.24) is 4.90 Å². The molecule has 4 nitrogen and oxygen atoms in total. The van der Waals surface area contributed by atoms with E-state index in [1.807, 2.05) is 0 Å². The highest BCUT2D eigenvalue weighted by Crippen LogP contribution is 2.21. The van der Waals surface area contributed by atoms with Crippen LogP contribution in [0.2, 0.25) is 0 Å². The van der Waals surface area contributed by atoms with Gasteiger partial charge in [0, 0.05) is 13.1 Å². The van der Waals surface area contributed by atoms with E-state index in [9.17, 15) is 0 Å². The average Bonchev–Trinajstić information content (AvgIpc) is 2.82. The van der Waals surface area contributed by atoms with Crippen molar-refractivity contribution in [2.24, 2.45) is 10.7 Å². The molecule has 92 valence electrons. The molecule has 1 aliphatic heterocycles. The van der Waals surface area contributed by atoms with E-state index in [1.165, 1.54) is 25.7 Å². The first-order valence-corrected chi connectivity index (χ1v) is 6.49. The summed E-state index contributed by atoms with van der Waals surface area (Å²) in [4.78, 5) is 6.81. The molecule has 1 unspecified atom stereocenters. The van der Waals surface area contributed by atoms with Crippen LogP contribution in [-0.2, 0) is 4.74 Å². The van der Waals surface area contributed by atoms with Gasteiger partial charge in [-0.05, 0) is 19.3 Å². The Morgan fingerprint density at radius 3 is 2.88 bits per heavy atom. The molecule has 1 saturated carbocycles. The van der Waals surface area contributed by atoms with Gasteiger partial charge in [0.1, 0.15) is 0 Å². The smallest absolute Gasteiger partial charge is 0.191 e. The highest BCUT2D eigenvalue weighted by molar-refractivity contribution is 5.78. The van der Waals surface area contributed by atoms with Crippen molar-refractivity contribution in [2.45, 2.75) is 51.2 Å². The van der Waals surface area contributed by atoms with E-state index in [-0.39, 0.29) is 0 Å². The molecule has 4 heteroatoms. The maximum Gasteiger partial charge on any atom is 0.191 e. The summed E-state index contributed by atoms with van der Waals surface area (Å²) in [5.74, 6) is 0.730. The molecule has 0 amide bonds. The van der Waals surface area contributed by atoms with Gasteiger partial charge in [-0.25, -0.2) is 4.99 Å². The molecule has 0 aromatic rings. The highest BCUT2D eigenvalue weighted by Gasteiger charge is 2.21. The van der Waals surface area contributed by atoms with Gasteiger partial charge >= 0.3 is 0 Å². The summed E-state index contributed by atoms with van der Waals surface area (Å²) >= 11 is 0. The minimum Gasteiger partial charge on any atom is -0.375 e. The van der Waals surface area contributed by atoms with Gasteiger partial charge in [-0.3, -0.25) is 0 Å². The molecule has 2 N–H and O–H groups in total. The number of nitrogens with zero attached hydrogens (tertiary/aromatic N) is 2. The van der Waals surface area contributed by atoms with Gasteiger partial charge in [-0.15, -0.1) is 0 Å². The summed E-state index contributed by atoms with van der Waals surface area (Å²) in [6.45, 7) is 4.72. The molecule has 0 aromatic carbocycles. The van der Waals surface area contributed by atoms with Gasteiger partial charge in [0.05, 0.1) is 18.8 Å². The van der Waals surface area contributed by atoms with Crippen LogP contribution < -0.4 is 5.73 Å². The Labute approximate surface area is 97.9 Å². The lowest BCUT2D eigenvalue weighted by Crippen LogP contribution is -2.48. The SMILES string of the molecule is CCC1CN(C(N)=NC2CCCC2)CCO1.